The van der Waals surface area contributed by atoms with Crippen LogP contribution in [0.25, 0.3) is 0 Å². The van der Waals surface area contributed by atoms with Crippen LogP contribution in [0.1, 0.15) is 29.1 Å². The van der Waals surface area contributed by atoms with E-state index in [9.17, 15) is 14.9 Å². The summed E-state index contributed by atoms with van der Waals surface area (Å²) in [6.45, 7) is 2.14. The number of non-ortho nitro benzene ring substituents is 1. The lowest BCUT2D eigenvalue weighted by molar-refractivity contribution is -0.385. The molecule has 24 heavy (non-hydrogen) atoms. The number of carbonyl (C=O) groups is 1. The average molecular weight is 328 g/mol. The van der Waals surface area contributed by atoms with E-state index >= 15 is 0 Å². The number of hydrogen-bond donors (Lipinski definition) is 0. The first-order chi connectivity index (χ1) is 11.5. The molecule has 0 radical (unpaired) electrons. The van der Waals surface area contributed by atoms with Gasteiger partial charge >= 0.3 is 0 Å². The van der Waals surface area contributed by atoms with Gasteiger partial charge in [0, 0.05) is 23.3 Å². The number of benzene rings is 2. The van der Waals surface area contributed by atoms with Gasteiger partial charge in [0.15, 0.2) is 0 Å². The van der Waals surface area contributed by atoms with E-state index in [0.717, 1.165) is 0 Å². The molecule has 1 aliphatic rings. The van der Waals surface area contributed by atoms with Crippen LogP contribution in [0, 0.1) is 10.1 Å². The Morgan fingerprint density at radius 1 is 1.17 bits per heavy atom. The first kappa shape index (κ1) is 16.1. The normalized spacial score (nSPS) is 20.6. The number of carbonyl (C=O) groups excluding carboxylic acids is 1. The van der Waals surface area contributed by atoms with E-state index in [2.05, 4.69) is 0 Å². The Hall–Kier alpha value is -2.77. The molecule has 1 amide bonds. The van der Waals surface area contributed by atoms with E-state index < -0.39 is 11.2 Å². The minimum Gasteiger partial charge on any atom is -0.342 e. The van der Waals surface area contributed by atoms with Gasteiger partial charge in [-0.3, -0.25) is 14.9 Å². The third-order valence-electron chi connectivity index (χ3n) is 3.63. The standard InChI is InChI=1S/C17H16N2O5/c1-12-11-18(16(20)13-5-3-2-4-6-13)24-17(23-12)14-7-9-15(10-8-14)19(21)22/h2-10,12,17H,11H2,1H3/t12-,17+/m1/s1. The molecule has 2 aromatic rings. The van der Waals surface area contributed by atoms with Gasteiger partial charge in [-0.05, 0) is 31.2 Å². The predicted octanol–water partition coefficient (Wildman–Crippen LogP) is 3.09. The summed E-state index contributed by atoms with van der Waals surface area (Å²) in [6.07, 6.45) is -1.02. The summed E-state index contributed by atoms with van der Waals surface area (Å²) in [6, 6.07) is 14.7. The van der Waals surface area contributed by atoms with E-state index in [1.165, 1.54) is 17.2 Å². The van der Waals surface area contributed by atoms with Crippen molar-refractivity contribution in [2.75, 3.05) is 6.54 Å². The van der Waals surface area contributed by atoms with Crippen molar-refractivity contribution in [3.63, 3.8) is 0 Å². The fourth-order valence-electron chi connectivity index (χ4n) is 2.42. The molecule has 0 spiro atoms. The summed E-state index contributed by atoms with van der Waals surface area (Å²) in [5, 5.41) is 12.0. The van der Waals surface area contributed by atoms with Crippen LogP contribution in [0.3, 0.4) is 0 Å². The van der Waals surface area contributed by atoms with Crippen molar-refractivity contribution in [2.45, 2.75) is 19.3 Å². The summed E-state index contributed by atoms with van der Waals surface area (Å²) < 4.78 is 5.70. The Morgan fingerprint density at radius 3 is 2.46 bits per heavy atom. The highest BCUT2D eigenvalue weighted by molar-refractivity contribution is 5.93. The molecule has 0 aliphatic carbocycles. The van der Waals surface area contributed by atoms with E-state index in [1.54, 1.807) is 36.4 Å². The Kier molecular flexibility index (Phi) is 4.54. The van der Waals surface area contributed by atoms with Gasteiger partial charge in [0.2, 0.25) is 6.29 Å². The second kappa shape index (κ2) is 6.77. The van der Waals surface area contributed by atoms with E-state index in [0.29, 0.717) is 17.7 Å². The molecule has 0 N–H and O–H groups in total. The lowest BCUT2D eigenvalue weighted by Crippen LogP contribution is -2.44. The molecule has 0 bridgehead atoms. The zero-order valence-electron chi connectivity index (χ0n) is 13.0. The Labute approximate surface area is 138 Å². The van der Waals surface area contributed by atoms with Crippen molar-refractivity contribution in [3.05, 3.63) is 75.8 Å². The molecular formula is C17H16N2O5. The number of rotatable bonds is 3. The third-order valence-corrected chi connectivity index (χ3v) is 3.63. The van der Waals surface area contributed by atoms with Gasteiger partial charge in [0.25, 0.3) is 11.6 Å². The molecule has 2 aromatic carbocycles. The topological polar surface area (TPSA) is 81.9 Å². The zero-order valence-corrected chi connectivity index (χ0v) is 13.0. The molecule has 1 heterocycles. The van der Waals surface area contributed by atoms with Crippen LogP contribution < -0.4 is 0 Å². The maximum absolute atomic E-state index is 12.5. The SMILES string of the molecule is C[C@@H]1CN(C(=O)c2ccccc2)O[C@@H](c2ccc([N+](=O)[O-])cc2)O1. The first-order valence-corrected chi connectivity index (χ1v) is 7.48. The molecule has 3 rings (SSSR count). The van der Waals surface area contributed by atoms with Crippen molar-refractivity contribution in [3.8, 4) is 0 Å². The van der Waals surface area contributed by atoms with Crippen LogP contribution in [0.5, 0.6) is 0 Å². The molecule has 124 valence electrons. The molecule has 7 heteroatoms. The predicted molar refractivity (Wildman–Crippen MR) is 84.9 cm³/mol. The minimum atomic E-state index is -0.790. The minimum absolute atomic E-state index is 0.0141. The molecule has 7 nitrogen and oxygen atoms in total. The summed E-state index contributed by atoms with van der Waals surface area (Å²) in [5.74, 6) is -0.252. The average Bonchev–Trinajstić information content (AvgIpc) is 2.61. The van der Waals surface area contributed by atoms with Crippen LogP contribution in [0.15, 0.2) is 54.6 Å². The third kappa shape index (κ3) is 3.42. The number of nitro benzene ring substituents is 1. The van der Waals surface area contributed by atoms with Gasteiger partial charge in [0.1, 0.15) is 0 Å². The summed E-state index contributed by atoms with van der Waals surface area (Å²) in [5.41, 5.74) is 1.12. The lowest BCUT2D eigenvalue weighted by atomic mass is 10.2. The smallest absolute Gasteiger partial charge is 0.277 e. The van der Waals surface area contributed by atoms with Crippen molar-refractivity contribution in [1.82, 2.24) is 5.06 Å². The molecule has 2 atom stereocenters. The Bertz CT molecular complexity index is 732. The number of nitro groups is 1. The van der Waals surface area contributed by atoms with Crippen LogP contribution >= 0.6 is 0 Å². The van der Waals surface area contributed by atoms with E-state index in [4.69, 9.17) is 9.57 Å². The molecule has 0 aromatic heterocycles. The van der Waals surface area contributed by atoms with Crippen molar-refractivity contribution in [1.29, 1.82) is 0 Å². The number of amides is 1. The van der Waals surface area contributed by atoms with Crippen molar-refractivity contribution in [2.24, 2.45) is 0 Å². The molecule has 0 unspecified atom stereocenters. The lowest BCUT2D eigenvalue weighted by Gasteiger charge is -2.36. The van der Waals surface area contributed by atoms with Gasteiger partial charge in [0.05, 0.1) is 17.6 Å². The van der Waals surface area contributed by atoms with Crippen LogP contribution in [-0.4, -0.2) is 28.5 Å². The summed E-state index contributed by atoms with van der Waals surface area (Å²) in [4.78, 5) is 28.4. The second-order valence-corrected chi connectivity index (χ2v) is 5.46. The fraction of sp³-hybridized carbons (Fsp3) is 0.235. The van der Waals surface area contributed by atoms with E-state index in [-0.39, 0.29) is 17.7 Å². The Balaban J connectivity index is 1.78. The van der Waals surface area contributed by atoms with Gasteiger partial charge < -0.3 is 4.74 Å². The van der Waals surface area contributed by atoms with Gasteiger partial charge in [-0.1, -0.05) is 18.2 Å². The largest absolute Gasteiger partial charge is 0.342 e. The Morgan fingerprint density at radius 2 is 1.83 bits per heavy atom. The highest BCUT2D eigenvalue weighted by Gasteiger charge is 2.31. The van der Waals surface area contributed by atoms with Gasteiger partial charge in [-0.15, -0.1) is 0 Å². The zero-order chi connectivity index (χ0) is 17.1. The summed E-state index contributed by atoms with van der Waals surface area (Å²) in [7, 11) is 0. The molecule has 1 saturated heterocycles. The van der Waals surface area contributed by atoms with Crippen LogP contribution in [0.2, 0.25) is 0 Å². The van der Waals surface area contributed by atoms with Gasteiger partial charge in [-0.25, -0.2) is 9.90 Å². The molecular weight excluding hydrogens is 312 g/mol. The second-order valence-electron chi connectivity index (χ2n) is 5.46. The van der Waals surface area contributed by atoms with Crippen LogP contribution in [-0.2, 0) is 9.57 Å². The van der Waals surface area contributed by atoms with Crippen molar-refractivity contribution < 1.29 is 19.3 Å². The number of nitrogens with zero attached hydrogens (tertiary/aromatic N) is 2. The number of hydroxylamine groups is 2. The van der Waals surface area contributed by atoms with Crippen molar-refractivity contribution >= 4 is 11.6 Å². The number of hydrogen-bond acceptors (Lipinski definition) is 5. The van der Waals surface area contributed by atoms with E-state index in [1.807, 2.05) is 13.0 Å². The van der Waals surface area contributed by atoms with Crippen LogP contribution in [0.4, 0.5) is 5.69 Å². The number of ether oxygens (including phenoxy) is 1. The quantitative estimate of drug-likeness (QED) is 0.639. The highest BCUT2D eigenvalue weighted by Crippen LogP contribution is 2.28. The molecule has 0 saturated carbocycles. The monoisotopic (exact) mass is 328 g/mol. The summed E-state index contributed by atoms with van der Waals surface area (Å²) >= 11 is 0. The highest BCUT2D eigenvalue weighted by atomic mass is 16.8. The molecule has 1 fully saturated rings. The maximum atomic E-state index is 12.5. The molecule has 1 aliphatic heterocycles. The fourth-order valence-corrected chi connectivity index (χ4v) is 2.42. The first-order valence-electron chi connectivity index (χ1n) is 7.48. The van der Waals surface area contributed by atoms with Gasteiger partial charge in [-0.2, -0.15) is 0 Å². The maximum Gasteiger partial charge on any atom is 0.277 e.